The summed E-state index contributed by atoms with van der Waals surface area (Å²) in [4.78, 5) is 19.7. The van der Waals surface area contributed by atoms with Crippen LogP contribution in [-0.4, -0.2) is 19.9 Å². The van der Waals surface area contributed by atoms with Crippen molar-refractivity contribution in [3.63, 3.8) is 0 Å². The summed E-state index contributed by atoms with van der Waals surface area (Å²) in [5.74, 6) is 1.68. The molecular weight excluding hydrogens is 617 g/mol. The third-order valence-corrected chi connectivity index (χ3v) is 9.21. The fourth-order valence-corrected chi connectivity index (χ4v) is 6.79. The smallest absolute Gasteiger partial charge is 0.167 e. The summed E-state index contributed by atoms with van der Waals surface area (Å²) in [7, 11) is 0. The van der Waals surface area contributed by atoms with Crippen molar-refractivity contribution in [1.82, 2.24) is 19.9 Å². The summed E-state index contributed by atoms with van der Waals surface area (Å²) in [5.41, 5.74) is 9.94. The van der Waals surface area contributed by atoms with Gasteiger partial charge in [0.25, 0.3) is 0 Å². The molecule has 4 aromatic heterocycles. The second-order valence-electron chi connectivity index (χ2n) is 12.3. The van der Waals surface area contributed by atoms with Gasteiger partial charge in [0.2, 0.25) is 0 Å². The Labute approximate surface area is 286 Å². The van der Waals surface area contributed by atoms with Gasteiger partial charge >= 0.3 is 0 Å². The molecule has 6 heteroatoms. The topological polar surface area (TPSA) is 77.8 Å². The number of para-hydroxylation sites is 3. The Morgan fingerprint density at radius 1 is 0.360 bits per heavy atom. The first-order valence-corrected chi connectivity index (χ1v) is 16.4. The lowest BCUT2D eigenvalue weighted by molar-refractivity contribution is 0.669. The molecule has 6 nitrogen and oxygen atoms in total. The number of aromatic nitrogens is 4. The summed E-state index contributed by atoms with van der Waals surface area (Å²) in [6.45, 7) is 0. The van der Waals surface area contributed by atoms with Gasteiger partial charge in [0, 0.05) is 50.6 Å². The number of hydrogen-bond donors (Lipinski definition) is 0. The molecule has 0 saturated carbocycles. The van der Waals surface area contributed by atoms with Gasteiger partial charge in [-0.25, -0.2) is 15.0 Å². The maximum absolute atomic E-state index is 6.43. The van der Waals surface area contributed by atoms with E-state index >= 15 is 0 Å². The van der Waals surface area contributed by atoms with E-state index in [4.69, 9.17) is 23.8 Å². The maximum atomic E-state index is 6.43. The lowest BCUT2D eigenvalue weighted by Gasteiger charge is -2.12. The van der Waals surface area contributed by atoms with E-state index in [2.05, 4.69) is 59.6 Å². The van der Waals surface area contributed by atoms with Gasteiger partial charge in [-0.1, -0.05) is 91.0 Å². The van der Waals surface area contributed by atoms with Gasteiger partial charge in [0.15, 0.2) is 17.5 Å². The largest absolute Gasteiger partial charge is 0.456 e. The van der Waals surface area contributed by atoms with Crippen LogP contribution in [0.5, 0.6) is 0 Å². The van der Waals surface area contributed by atoms with Crippen molar-refractivity contribution in [2.75, 3.05) is 0 Å². The van der Waals surface area contributed by atoms with Crippen molar-refractivity contribution in [2.24, 2.45) is 0 Å². The minimum Gasteiger partial charge on any atom is -0.456 e. The molecule has 0 amide bonds. The number of fused-ring (bicyclic) bond motifs is 6. The Bertz CT molecular complexity index is 2880. The molecule has 0 aliphatic heterocycles. The average Bonchev–Trinajstić information content (AvgIpc) is 3.76. The summed E-state index contributed by atoms with van der Waals surface area (Å²) in [5, 5.41) is 4.23. The SMILES string of the molecule is c1ccc(-c2nc(-c3cc(-c4cccnc4)cc(-c4ccc5oc6ccccc6c5c4)c3)nc(-c3cccc4c3oc3ccccc34)n2)cc1. The van der Waals surface area contributed by atoms with Crippen LogP contribution < -0.4 is 0 Å². The van der Waals surface area contributed by atoms with Crippen LogP contribution in [0.1, 0.15) is 0 Å². The van der Waals surface area contributed by atoms with Gasteiger partial charge in [-0.3, -0.25) is 4.98 Å². The molecule has 6 aromatic carbocycles. The molecule has 50 heavy (non-hydrogen) atoms. The first-order valence-electron chi connectivity index (χ1n) is 16.4. The first-order chi connectivity index (χ1) is 24.7. The fraction of sp³-hybridized carbons (Fsp3) is 0. The number of rotatable bonds is 5. The van der Waals surface area contributed by atoms with E-state index < -0.39 is 0 Å². The first kappa shape index (κ1) is 28.1. The van der Waals surface area contributed by atoms with Crippen molar-refractivity contribution >= 4 is 43.9 Å². The van der Waals surface area contributed by atoms with Crippen molar-refractivity contribution < 1.29 is 8.83 Å². The molecule has 0 aliphatic carbocycles. The minimum atomic E-state index is 0.540. The van der Waals surface area contributed by atoms with Crippen LogP contribution in [0.15, 0.2) is 167 Å². The Hall–Kier alpha value is -6.92. The highest BCUT2D eigenvalue weighted by molar-refractivity contribution is 6.09. The van der Waals surface area contributed by atoms with Gasteiger partial charge in [-0.2, -0.15) is 0 Å². The Morgan fingerprint density at radius 2 is 0.980 bits per heavy atom. The molecule has 0 spiro atoms. The lowest BCUT2D eigenvalue weighted by atomic mass is 9.95. The monoisotopic (exact) mass is 642 g/mol. The molecule has 10 aromatic rings. The van der Waals surface area contributed by atoms with E-state index in [1.807, 2.05) is 97.2 Å². The molecule has 0 fully saturated rings. The molecule has 4 heterocycles. The standard InChI is InChI=1S/C44H26N4O2/c1-2-10-27(11-3-1)42-46-43(48-44(47-42)36-16-8-15-35-33-13-4-7-18-39(33)50-41(35)36)32-23-30(22-31(24-32)29-12-9-21-45-26-29)28-19-20-40-37(25-28)34-14-5-6-17-38(34)49-40/h1-26H. The van der Waals surface area contributed by atoms with Gasteiger partial charge in [0.05, 0.1) is 5.56 Å². The number of hydrogen-bond acceptors (Lipinski definition) is 6. The quantitative estimate of drug-likeness (QED) is 0.186. The van der Waals surface area contributed by atoms with Crippen LogP contribution in [0, 0.1) is 0 Å². The van der Waals surface area contributed by atoms with Crippen LogP contribution >= 0.6 is 0 Å². The van der Waals surface area contributed by atoms with E-state index in [0.717, 1.165) is 82.8 Å². The summed E-state index contributed by atoms with van der Waals surface area (Å²) >= 11 is 0. The number of pyridine rings is 1. The van der Waals surface area contributed by atoms with Crippen molar-refractivity contribution in [2.45, 2.75) is 0 Å². The molecule has 0 unspecified atom stereocenters. The van der Waals surface area contributed by atoms with Gasteiger partial charge in [-0.05, 0) is 71.3 Å². The normalized spacial score (nSPS) is 11.6. The van der Waals surface area contributed by atoms with Crippen molar-refractivity contribution in [3.8, 4) is 56.4 Å². The van der Waals surface area contributed by atoms with Crippen LogP contribution in [0.4, 0.5) is 0 Å². The third kappa shape index (κ3) is 4.73. The predicted molar refractivity (Wildman–Crippen MR) is 199 cm³/mol. The average molecular weight is 643 g/mol. The van der Waals surface area contributed by atoms with Crippen molar-refractivity contribution in [1.29, 1.82) is 0 Å². The molecular formula is C44H26N4O2. The molecule has 10 rings (SSSR count). The molecule has 0 radical (unpaired) electrons. The third-order valence-electron chi connectivity index (χ3n) is 9.21. The Morgan fingerprint density at radius 3 is 1.78 bits per heavy atom. The number of furan rings is 2. The van der Waals surface area contributed by atoms with E-state index in [0.29, 0.717) is 17.5 Å². The van der Waals surface area contributed by atoms with Crippen LogP contribution in [0.3, 0.4) is 0 Å². The second-order valence-corrected chi connectivity index (χ2v) is 12.3. The van der Waals surface area contributed by atoms with E-state index in [-0.39, 0.29) is 0 Å². The van der Waals surface area contributed by atoms with Crippen LogP contribution in [-0.2, 0) is 0 Å². The van der Waals surface area contributed by atoms with Gasteiger partial charge in [-0.15, -0.1) is 0 Å². The molecule has 0 bridgehead atoms. The lowest BCUT2D eigenvalue weighted by Crippen LogP contribution is -2.01. The van der Waals surface area contributed by atoms with Gasteiger partial charge < -0.3 is 8.83 Å². The zero-order chi connectivity index (χ0) is 33.0. The highest BCUT2D eigenvalue weighted by atomic mass is 16.3. The van der Waals surface area contributed by atoms with Crippen molar-refractivity contribution in [3.05, 3.63) is 158 Å². The molecule has 0 atom stereocenters. The second kappa shape index (κ2) is 11.4. The zero-order valence-electron chi connectivity index (χ0n) is 26.6. The highest BCUT2D eigenvalue weighted by Crippen LogP contribution is 2.38. The molecule has 234 valence electrons. The number of nitrogens with zero attached hydrogens (tertiary/aromatic N) is 4. The van der Waals surface area contributed by atoms with E-state index in [1.165, 1.54) is 0 Å². The van der Waals surface area contributed by atoms with Crippen LogP contribution in [0.2, 0.25) is 0 Å². The summed E-state index contributed by atoms with van der Waals surface area (Å²) in [6.07, 6.45) is 3.67. The van der Waals surface area contributed by atoms with E-state index in [1.54, 1.807) is 6.20 Å². The predicted octanol–water partition coefficient (Wildman–Crippen LogP) is 11.4. The fourth-order valence-electron chi connectivity index (χ4n) is 6.79. The van der Waals surface area contributed by atoms with Gasteiger partial charge in [0.1, 0.15) is 22.3 Å². The highest BCUT2D eigenvalue weighted by Gasteiger charge is 2.19. The number of benzene rings is 6. The Kier molecular flexibility index (Phi) is 6.39. The zero-order valence-corrected chi connectivity index (χ0v) is 26.6. The maximum Gasteiger partial charge on any atom is 0.167 e. The minimum absolute atomic E-state index is 0.540. The summed E-state index contributed by atoms with van der Waals surface area (Å²) < 4.78 is 12.6. The summed E-state index contributed by atoms with van der Waals surface area (Å²) in [6, 6.07) is 49.2. The Balaban J connectivity index is 1.21. The van der Waals surface area contributed by atoms with E-state index in [9.17, 15) is 0 Å². The molecule has 0 N–H and O–H groups in total. The molecule has 0 aliphatic rings. The van der Waals surface area contributed by atoms with Crippen LogP contribution in [0.25, 0.3) is 100 Å². The molecule has 0 saturated heterocycles.